The van der Waals surface area contributed by atoms with Crippen molar-refractivity contribution in [3.63, 3.8) is 0 Å². The summed E-state index contributed by atoms with van der Waals surface area (Å²) in [6.45, 7) is 1.89. The van der Waals surface area contributed by atoms with Gasteiger partial charge < -0.3 is 10.2 Å². The van der Waals surface area contributed by atoms with Crippen molar-refractivity contribution in [1.82, 2.24) is 5.32 Å². The topological polar surface area (TPSA) is 32.3 Å². The summed E-state index contributed by atoms with van der Waals surface area (Å²) in [5.41, 5.74) is 1.65. The van der Waals surface area contributed by atoms with Crippen LogP contribution < -0.4 is 10.2 Å². The first-order valence-electron chi connectivity index (χ1n) is 8.15. The number of hydrogen-bond donors (Lipinski definition) is 1. The maximum atomic E-state index is 13.8. The molecule has 3 rings (SSSR count). The number of carbonyl (C=O) groups is 1. The molecule has 1 aliphatic rings. The van der Waals surface area contributed by atoms with E-state index in [2.05, 4.69) is 5.32 Å². The van der Waals surface area contributed by atoms with Crippen molar-refractivity contribution in [3.05, 3.63) is 64.9 Å². The lowest BCUT2D eigenvalue weighted by atomic mass is 9.95. The summed E-state index contributed by atoms with van der Waals surface area (Å²) in [6, 6.07) is 14.2. The fourth-order valence-electron chi connectivity index (χ4n) is 3.03. The molecule has 0 saturated carbocycles. The standard InChI is InChI=1S/C19H20ClFN2O/c20-16-7-5-14(6-8-16)13-22-19(24)15-9-11-23(12-10-15)18-4-2-1-3-17(18)21/h1-8,15H,9-13H2,(H,22,24). The lowest BCUT2D eigenvalue weighted by molar-refractivity contribution is -0.125. The van der Waals surface area contributed by atoms with E-state index in [4.69, 9.17) is 11.6 Å². The Labute approximate surface area is 146 Å². The fourth-order valence-corrected chi connectivity index (χ4v) is 3.15. The minimum absolute atomic E-state index is 0.0136. The van der Waals surface area contributed by atoms with Gasteiger partial charge in [0.2, 0.25) is 5.91 Å². The molecular weight excluding hydrogens is 327 g/mol. The SMILES string of the molecule is O=C(NCc1ccc(Cl)cc1)C1CCN(c2ccccc2F)CC1. The number of anilines is 1. The van der Waals surface area contributed by atoms with Gasteiger partial charge in [0.1, 0.15) is 5.82 Å². The normalized spacial score (nSPS) is 15.3. The Balaban J connectivity index is 1.50. The van der Waals surface area contributed by atoms with Crippen molar-refractivity contribution < 1.29 is 9.18 Å². The Bertz CT molecular complexity index is 697. The zero-order chi connectivity index (χ0) is 16.9. The minimum atomic E-state index is -0.205. The van der Waals surface area contributed by atoms with Gasteiger partial charge >= 0.3 is 0 Å². The molecule has 0 atom stereocenters. The predicted octanol–water partition coefficient (Wildman–Crippen LogP) is 4.01. The van der Waals surface area contributed by atoms with Crippen LogP contribution in [-0.2, 0) is 11.3 Å². The summed E-state index contributed by atoms with van der Waals surface area (Å²) >= 11 is 5.85. The van der Waals surface area contributed by atoms with E-state index in [-0.39, 0.29) is 17.6 Å². The van der Waals surface area contributed by atoms with E-state index in [1.807, 2.05) is 35.2 Å². The molecule has 0 bridgehead atoms. The molecule has 1 heterocycles. The fraction of sp³-hybridized carbons (Fsp3) is 0.316. The zero-order valence-corrected chi connectivity index (χ0v) is 14.1. The van der Waals surface area contributed by atoms with Gasteiger partial charge in [0.05, 0.1) is 5.69 Å². The maximum Gasteiger partial charge on any atom is 0.223 e. The van der Waals surface area contributed by atoms with Gasteiger partial charge in [0.25, 0.3) is 0 Å². The molecule has 0 radical (unpaired) electrons. The van der Waals surface area contributed by atoms with Crippen LogP contribution in [0.4, 0.5) is 10.1 Å². The highest BCUT2D eigenvalue weighted by atomic mass is 35.5. The van der Waals surface area contributed by atoms with Crippen molar-refractivity contribution in [1.29, 1.82) is 0 Å². The third kappa shape index (κ3) is 4.06. The Morgan fingerprint density at radius 1 is 1.12 bits per heavy atom. The van der Waals surface area contributed by atoms with E-state index in [0.29, 0.717) is 30.3 Å². The lowest BCUT2D eigenvalue weighted by Crippen LogP contribution is -2.40. The van der Waals surface area contributed by atoms with Gasteiger partial charge in [-0.3, -0.25) is 4.79 Å². The van der Waals surface area contributed by atoms with Crippen LogP contribution >= 0.6 is 11.6 Å². The summed E-state index contributed by atoms with van der Waals surface area (Å²) in [4.78, 5) is 14.3. The van der Waals surface area contributed by atoms with Gasteiger partial charge in [-0.1, -0.05) is 35.9 Å². The average Bonchev–Trinajstić information content (AvgIpc) is 2.61. The largest absolute Gasteiger partial charge is 0.369 e. The molecule has 0 spiro atoms. The third-order valence-electron chi connectivity index (χ3n) is 4.44. The molecule has 1 aliphatic heterocycles. The third-order valence-corrected chi connectivity index (χ3v) is 4.69. The Hall–Kier alpha value is -2.07. The summed E-state index contributed by atoms with van der Waals surface area (Å²) in [7, 11) is 0. The van der Waals surface area contributed by atoms with Crippen molar-refractivity contribution in [3.8, 4) is 0 Å². The van der Waals surface area contributed by atoms with Crippen LogP contribution in [0.5, 0.6) is 0 Å². The first-order valence-corrected chi connectivity index (χ1v) is 8.53. The summed E-state index contributed by atoms with van der Waals surface area (Å²) in [5.74, 6) is -0.151. The summed E-state index contributed by atoms with van der Waals surface area (Å²) < 4.78 is 13.8. The number of halogens is 2. The second-order valence-electron chi connectivity index (χ2n) is 6.06. The molecule has 5 heteroatoms. The Morgan fingerprint density at radius 2 is 1.79 bits per heavy atom. The molecule has 126 valence electrons. The first-order chi connectivity index (χ1) is 11.6. The van der Waals surface area contributed by atoms with Gasteiger partial charge in [-0.15, -0.1) is 0 Å². The van der Waals surface area contributed by atoms with Crippen LogP contribution in [0.2, 0.25) is 5.02 Å². The van der Waals surface area contributed by atoms with Crippen LogP contribution in [0.3, 0.4) is 0 Å². The van der Waals surface area contributed by atoms with Gasteiger partial charge in [0, 0.05) is 30.6 Å². The number of piperidine rings is 1. The minimum Gasteiger partial charge on any atom is -0.369 e. The second kappa shape index (κ2) is 7.67. The van der Waals surface area contributed by atoms with Crippen LogP contribution in [0.15, 0.2) is 48.5 Å². The Kier molecular flexibility index (Phi) is 5.36. The zero-order valence-electron chi connectivity index (χ0n) is 13.3. The molecule has 2 aromatic rings. The highest BCUT2D eigenvalue weighted by Gasteiger charge is 2.25. The number of nitrogens with zero attached hydrogens (tertiary/aromatic N) is 1. The highest BCUT2D eigenvalue weighted by molar-refractivity contribution is 6.30. The highest BCUT2D eigenvalue weighted by Crippen LogP contribution is 2.25. The van der Waals surface area contributed by atoms with Gasteiger partial charge in [0.15, 0.2) is 0 Å². The van der Waals surface area contributed by atoms with E-state index in [0.717, 1.165) is 18.4 Å². The number of nitrogens with one attached hydrogen (secondary N) is 1. The molecule has 2 aromatic carbocycles. The monoisotopic (exact) mass is 346 g/mol. The van der Waals surface area contributed by atoms with E-state index in [1.165, 1.54) is 6.07 Å². The van der Waals surface area contributed by atoms with Gasteiger partial charge in [-0.2, -0.15) is 0 Å². The number of amides is 1. The van der Waals surface area contributed by atoms with Crippen LogP contribution in [0, 0.1) is 11.7 Å². The van der Waals surface area contributed by atoms with Crippen molar-refractivity contribution in [2.75, 3.05) is 18.0 Å². The van der Waals surface area contributed by atoms with E-state index in [9.17, 15) is 9.18 Å². The summed E-state index contributed by atoms with van der Waals surface area (Å²) in [6.07, 6.45) is 1.47. The van der Waals surface area contributed by atoms with Crippen molar-refractivity contribution >= 4 is 23.2 Å². The van der Waals surface area contributed by atoms with Crippen LogP contribution in [0.1, 0.15) is 18.4 Å². The van der Waals surface area contributed by atoms with Crippen molar-refractivity contribution in [2.45, 2.75) is 19.4 Å². The van der Waals surface area contributed by atoms with Gasteiger partial charge in [-0.05, 0) is 42.7 Å². The summed E-state index contributed by atoms with van der Waals surface area (Å²) in [5, 5.41) is 3.67. The van der Waals surface area contributed by atoms with Gasteiger partial charge in [-0.25, -0.2) is 4.39 Å². The lowest BCUT2D eigenvalue weighted by Gasteiger charge is -2.33. The number of benzene rings is 2. The molecule has 0 aromatic heterocycles. The molecule has 1 amide bonds. The molecule has 1 fully saturated rings. The van der Waals surface area contributed by atoms with Crippen molar-refractivity contribution in [2.24, 2.45) is 5.92 Å². The number of hydrogen-bond acceptors (Lipinski definition) is 2. The molecule has 1 N–H and O–H groups in total. The molecule has 0 unspecified atom stereocenters. The predicted molar refractivity (Wildman–Crippen MR) is 94.6 cm³/mol. The average molecular weight is 347 g/mol. The number of carbonyl (C=O) groups excluding carboxylic acids is 1. The van der Waals surface area contributed by atoms with E-state index >= 15 is 0 Å². The van der Waals surface area contributed by atoms with E-state index < -0.39 is 0 Å². The molecule has 24 heavy (non-hydrogen) atoms. The molecular formula is C19H20ClFN2O. The number of rotatable bonds is 4. The number of para-hydroxylation sites is 1. The smallest absolute Gasteiger partial charge is 0.223 e. The van der Waals surface area contributed by atoms with Crippen LogP contribution in [0.25, 0.3) is 0 Å². The van der Waals surface area contributed by atoms with Crippen LogP contribution in [-0.4, -0.2) is 19.0 Å². The first kappa shape index (κ1) is 16.8. The quantitative estimate of drug-likeness (QED) is 0.907. The van der Waals surface area contributed by atoms with E-state index in [1.54, 1.807) is 12.1 Å². The Morgan fingerprint density at radius 3 is 2.46 bits per heavy atom. The second-order valence-corrected chi connectivity index (χ2v) is 6.49. The molecule has 0 aliphatic carbocycles. The molecule has 3 nitrogen and oxygen atoms in total. The maximum absolute atomic E-state index is 13.8. The molecule has 1 saturated heterocycles.